The maximum Gasteiger partial charge on any atom is 0.338 e. The van der Waals surface area contributed by atoms with Crippen LogP contribution in [0.1, 0.15) is 49.4 Å². The summed E-state index contributed by atoms with van der Waals surface area (Å²) in [5, 5.41) is 2.75. The second kappa shape index (κ2) is 10.4. The maximum absolute atomic E-state index is 11.7. The van der Waals surface area contributed by atoms with Crippen molar-refractivity contribution < 1.29 is 14.3 Å². The topological polar surface area (TPSA) is 55.4 Å². The molecule has 0 saturated heterocycles. The minimum atomic E-state index is -0.375. The van der Waals surface area contributed by atoms with Crippen molar-refractivity contribution in [1.82, 2.24) is 5.32 Å². The molecule has 0 aromatic heterocycles. The van der Waals surface area contributed by atoms with Gasteiger partial charge in [-0.1, -0.05) is 42.1 Å². The molecule has 1 N–H and O–H groups in total. The number of rotatable bonds is 9. The molecular weight excluding hydrogens is 334 g/mol. The van der Waals surface area contributed by atoms with Crippen LogP contribution in [0.25, 0.3) is 0 Å². The van der Waals surface area contributed by atoms with Gasteiger partial charge in [-0.05, 0) is 30.7 Å². The molecule has 1 aromatic carbocycles. The minimum Gasteiger partial charge on any atom is -0.460 e. The third-order valence-corrected chi connectivity index (χ3v) is 3.52. The highest BCUT2D eigenvalue weighted by molar-refractivity contribution is 9.10. The van der Waals surface area contributed by atoms with Crippen LogP contribution in [0.3, 0.4) is 0 Å². The van der Waals surface area contributed by atoms with Crippen LogP contribution >= 0.6 is 15.9 Å². The number of amides is 1. The first-order chi connectivity index (χ1) is 10.1. The Morgan fingerprint density at radius 1 is 1.14 bits per heavy atom. The van der Waals surface area contributed by atoms with Crippen LogP contribution in [-0.4, -0.2) is 25.0 Å². The SMILES string of the molecule is CCCCCCC(=O)NCCOC(=O)c1ccc(Br)cc1. The first kappa shape index (κ1) is 17.7. The zero-order valence-electron chi connectivity index (χ0n) is 12.4. The summed E-state index contributed by atoms with van der Waals surface area (Å²) in [6, 6.07) is 6.96. The zero-order valence-corrected chi connectivity index (χ0v) is 13.9. The molecule has 21 heavy (non-hydrogen) atoms. The van der Waals surface area contributed by atoms with Crippen molar-refractivity contribution in [2.24, 2.45) is 0 Å². The number of esters is 1. The lowest BCUT2D eigenvalue weighted by Crippen LogP contribution is -2.27. The van der Waals surface area contributed by atoms with Gasteiger partial charge in [0, 0.05) is 10.9 Å². The van der Waals surface area contributed by atoms with Gasteiger partial charge in [0.15, 0.2) is 0 Å². The molecule has 0 atom stereocenters. The van der Waals surface area contributed by atoms with E-state index in [-0.39, 0.29) is 18.5 Å². The Balaban J connectivity index is 2.12. The van der Waals surface area contributed by atoms with Gasteiger partial charge in [0.05, 0.1) is 12.1 Å². The van der Waals surface area contributed by atoms with Crippen LogP contribution in [0, 0.1) is 0 Å². The predicted molar refractivity (Wildman–Crippen MR) is 86.2 cm³/mol. The molecule has 0 unspecified atom stereocenters. The molecule has 0 saturated carbocycles. The Hall–Kier alpha value is -1.36. The van der Waals surface area contributed by atoms with Gasteiger partial charge in [0.2, 0.25) is 5.91 Å². The number of hydrogen-bond acceptors (Lipinski definition) is 3. The minimum absolute atomic E-state index is 0.0193. The predicted octanol–water partition coefficient (Wildman–Crippen LogP) is 3.69. The molecule has 0 heterocycles. The smallest absolute Gasteiger partial charge is 0.338 e. The second-order valence-electron chi connectivity index (χ2n) is 4.80. The van der Waals surface area contributed by atoms with Gasteiger partial charge in [-0.3, -0.25) is 4.79 Å². The van der Waals surface area contributed by atoms with E-state index >= 15 is 0 Å². The van der Waals surface area contributed by atoms with E-state index in [1.54, 1.807) is 24.3 Å². The van der Waals surface area contributed by atoms with Crippen molar-refractivity contribution in [2.45, 2.75) is 39.0 Å². The van der Waals surface area contributed by atoms with Crippen LogP contribution in [0.15, 0.2) is 28.7 Å². The Labute approximate surface area is 134 Å². The molecule has 0 aliphatic carbocycles. The van der Waals surface area contributed by atoms with Crippen molar-refractivity contribution in [3.05, 3.63) is 34.3 Å². The van der Waals surface area contributed by atoms with E-state index < -0.39 is 0 Å². The van der Waals surface area contributed by atoms with Crippen LogP contribution in [-0.2, 0) is 9.53 Å². The second-order valence-corrected chi connectivity index (χ2v) is 5.72. The molecule has 0 spiro atoms. The fourth-order valence-electron chi connectivity index (χ4n) is 1.80. The molecule has 116 valence electrons. The lowest BCUT2D eigenvalue weighted by atomic mass is 10.1. The molecule has 0 fully saturated rings. The number of unbranched alkanes of at least 4 members (excludes halogenated alkanes) is 3. The standard InChI is InChI=1S/C16H22BrNO3/c1-2-3-4-5-6-15(19)18-11-12-21-16(20)13-7-9-14(17)10-8-13/h7-10H,2-6,11-12H2,1H3,(H,18,19). The number of ether oxygens (including phenoxy) is 1. The summed E-state index contributed by atoms with van der Waals surface area (Å²) in [5.74, 6) is -0.356. The molecular formula is C16H22BrNO3. The Kier molecular flexibility index (Phi) is 8.74. The average molecular weight is 356 g/mol. The van der Waals surface area contributed by atoms with Crippen LogP contribution in [0.4, 0.5) is 0 Å². The van der Waals surface area contributed by atoms with Gasteiger partial charge in [-0.25, -0.2) is 4.79 Å². The Bertz CT molecular complexity index is 445. The molecule has 1 amide bonds. The fraction of sp³-hybridized carbons (Fsp3) is 0.500. The zero-order chi connectivity index (χ0) is 15.5. The van der Waals surface area contributed by atoms with E-state index in [0.717, 1.165) is 30.2 Å². The summed E-state index contributed by atoms with van der Waals surface area (Å²) in [6.45, 7) is 2.68. The third kappa shape index (κ3) is 7.85. The molecule has 4 nitrogen and oxygen atoms in total. The summed E-state index contributed by atoms with van der Waals surface area (Å²) in [5.41, 5.74) is 0.504. The van der Waals surface area contributed by atoms with Crippen molar-refractivity contribution >= 4 is 27.8 Å². The average Bonchev–Trinajstić information content (AvgIpc) is 2.48. The van der Waals surface area contributed by atoms with Crippen molar-refractivity contribution in [1.29, 1.82) is 0 Å². The van der Waals surface area contributed by atoms with Gasteiger partial charge >= 0.3 is 5.97 Å². The van der Waals surface area contributed by atoms with E-state index in [1.807, 2.05) is 0 Å². The molecule has 0 aliphatic heterocycles. The highest BCUT2D eigenvalue weighted by Crippen LogP contribution is 2.11. The van der Waals surface area contributed by atoms with Gasteiger partial charge in [-0.2, -0.15) is 0 Å². The molecule has 5 heteroatoms. The van der Waals surface area contributed by atoms with E-state index in [0.29, 0.717) is 18.5 Å². The van der Waals surface area contributed by atoms with Gasteiger partial charge in [0.25, 0.3) is 0 Å². The van der Waals surface area contributed by atoms with Gasteiger partial charge < -0.3 is 10.1 Å². The number of halogens is 1. The van der Waals surface area contributed by atoms with Crippen molar-refractivity contribution in [2.75, 3.05) is 13.2 Å². The summed E-state index contributed by atoms with van der Waals surface area (Å²) >= 11 is 3.31. The highest BCUT2D eigenvalue weighted by atomic mass is 79.9. The summed E-state index contributed by atoms with van der Waals surface area (Å²) < 4.78 is 6.00. The van der Waals surface area contributed by atoms with Crippen molar-refractivity contribution in [3.63, 3.8) is 0 Å². The van der Waals surface area contributed by atoms with Gasteiger partial charge in [0.1, 0.15) is 6.61 Å². The summed E-state index contributed by atoms with van der Waals surface area (Å²) in [4.78, 5) is 23.2. The van der Waals surface area contributed by atoms with Crippen LogP contribution in [0.2, 0.25) is 0 Å². The first-order valence-electron chi connectivity index (χ1n) is 7.33. The van der Waals surface area contributed by atoms with E-state index in [1.165, 1.54) is 0 Å². The Morgan fingerprint density at radius 2 is 1.86 bits per heavy atom. The molecule has 0 bridgehead atoms. The molecule has 1 aromatic rings. The Morgan fingerprint density at radius 3 is 2.52 bits per heavy atom. The number of benzene rings is 1. The van der Waals surface area contributed by atoms with Crippen molar-refractivity contribution in [3.8, 4) is 0 Å². The molecule has 1 rings (SSSR count). The summed E-state index contributed by atoms with van der Waals surface area (Å²) in [7, 11) is 0. The van der Waals surface area contributed by atoms with E-state index in [2.05, 4.69) is 28.2 Å². The number of carbonyl (C=O) groups excluding carboxylic acids is 2. The summed E-state index contributed by atoms with van der Waals surface area (Å²) in [6.07, 6.45) is 4.87. The normalized spacial score (nSPS) is 10.2. The van der Waals surface area contributed by atoms with Gasteiger partial charge in [-0.15, -0.1) is 0 Å². The lowest BCUT2D eigenvalue weighted by Gasteiger charge is -2.07. The highest BCUT2D eigenvalue weighted by Gasteiger charge is 2.06. The van der Waals surface area contributed by atoms with Crippen LogP contribution in [0.5, 0.6) is 0 Å². The number of carbonyl (C=O) groups is 2. The quantitative estimate of drug-likeness (QED) is 0.542. The maximum atomic E-state index is 11.7. The van der Waals surface area contributed by atoms with E-state index in [4.69, 9.17) is 4.74 Å². The monoisotopic (exact) mass is 355 g/mol. The third-order valence-electron chi connectivity index (χ3n) is 2.99. The van der Waals surface area contributed by atoms with Crippen LogP contribution < -0.4 is 5.32 Å². The molecule has 0 radical (unpaired) electrons. The lowest BCUT2D eigenvalue weighted by molar-refractivity contribution is -0.121. The fourth-order valence-corrected chi connectivity index (χ4v) is 2.07. The number of nitrogens with one attached hydrogen (secondary N) is 1. The number of hydrogen-bond donors (Lipinski definition) is 1. The largest absolute Gasteiger partial charge is 0.460 e. The van der Waals surface area contributed by atoms with E-state index in [9.17, 15) is 9.59 Å². The first-order valence-corrected chi connectivity index (χ1v) is 8.12. The molecule has 0 aliphatic rings.